The minimum absolute atomic E-state index is 0.0452. The highest BCUT2D eigenvalue weighted by Crippen LogP contribution is 2.29. The van der Waals surface area contributed by atoms with Crippen molar-refractivity contribution >= 4 is 11.6 Å². The number of likely N-dealkylation sites (tertiary alicyclic amines) is 1. The number of nitrogens with zero attached hydrogens (tertiary/aromatic N) is 3. The normalized spacial score (nSPS) is 14.0. The van der Waals surface area contributed by atoms with Gasteiger partial charge in [-0.2, -0.15) is 0 Å². The van der Waals surface area contributed by atoms with Crippen LogP contribution in [0.5, 0.6) is 0 Å². The minimum Gasteiger partial charge on any atom is -0.380 e. The summed E-state index contributed by atoms with van der Waals surface area (Å²) in [6, 6.07) is 17.6. The zero-order valence-electron chi connectivity index (χ0n) is 20.0. The van der Waals surface area contributed by atoms with Crippen molar-refractivity contribution < 1.29 is 13.7 Å². The Kier molecular flexibility index (Phi) is 6.98. The fourth-order valence-corrected chi connectivity index (χ4v) is 4.62. The van der Waals surface area contributed by atoms with E-state index >= 15 is 0 Å². The van der Waals surface area contributed by atoms with E-state index in [4.69, 9.17) is 0 Å². The number of anilines is 1. The van der Waals surface area contributed by atoms with Crippen LogP contribution in [0.4, 0.5) is 10.1 Å². The van der Waals surface area contributed by atoms with E-state index in [0.29, 0.717) is 30.9 Å². The van der Waals surface area contributed by atoms with Crippen molar-refractivity contribution in [2.24, 2.45) is 0 Å². The van der Waals surface area contributed by atoms with Gasteiger partial charge in [0.2, 0.25) is 0 Å². The largest absolute Gasteiger partial charge is 0.438 e. The maximum atomic E-state index is 13.7. The Morgan fingerprint density at radius 3 is 2.49 bits per heavy atom. The summed E-state index contributed by atoms with van der Waals surface area (Å²) in [5.74, 6) is -0.759. The zero-order valence-corrected chi connectivity index (χ0v) is 20.0. The summed E-state index contributed by atoms with van der Waals surface area (Å²) in [7, 11) is 0. The van der Waals surface area contributed by atoms with Crippen molar-refractivity contribution in [2.45, 2.75) is 31.8 Å². The van der Waals surface area contributed by atoms with Crippen LogP contribution in [-0.4, -0.2) is 38.6 Å². The molecular formula is C27H26FN5O4. The second-order valence-corrected chi connectivity index (χ2v) is 9.07. The van der Waals surface area contributed by atoms with Crippen LogP contribution < -0.4 is 16.6 Å². The van der Waals surface area contributed by atoms with Crippen LogP contribution >= 0.6 is 0 Å². The number of carbonyl (C=O) groups is 1. The first-order chi connectivity index (χ1) is 18.0. The minimum atomic E-state index is -0.718. The molecule has 37 heavy (non-hydrogen) atoms. The second-order valence-electron chi connectivity index (χ2n) is 9.07. The first-order valence-corrected chi connectivity index (χ1v) is 12.1. The van der Waals surface area contributed by atoms with Crippen LogP contribution in [0, 0.1) is 5.82 Å². The van der Waals surface area contributed by atoms with Gasteiger partial charge in [0.1, 0.15) is 5.82 Å². The number of hydrogen-bond donors (Lipinski definition) is 2. The number of H-pyrrole nitrogens is 1. The molecule has 10 heteroatoms. The Balaban J connectivity index is 1.38. The summed E-state index contributed by atoms with van der Waals surface area (Å²) in [6.07, 6.45) is 3.00. The smallest absolute Gasteiger partial charge is 0.380 e. The molecule has 2 N–H and O–H groups in total. The maximum Gasteiger partial charge on any atom is 0.438 e. The molecule has 190 valence electrons. The van der Waals surface area contributed by atoms with Crippen molar-refractivity contribution in [1.82, 2.24) is 19.6 Å². The molecule has 0 unspecified atom stereocenters. The van der Waals surface area contributed by atoms with Gasteiger partial charge in [-0.3, -0.25) is 19.1 Å². The van der Waals surface area contributed by atoms with Crippen LogP contribution in [-0.2, 0) is 13.1 Å². The van der Waals surface area contributed by atoms with Crippen LogP contribution in [0.25, 0.3) is 0 Å². The van der Waals surface area contributed by atoms with Gasteiger partial charge in [-0.1, -0.05) is 47.6 Å². The molecule has 1 aliphatic heterocycles. The van der Waals surface area contributed by atoms with Gasteiger partial charge in [0.05, 0.1) is 17.8 Å². The van der Waals surface area contributed by atoms with Gasteiger partial charge in [-0.15, -0.1) is 0 Å². The lowest BCUT2D eigenvalue weighted by molar-refractivity contribution is 0.0713. The zero-order chi connectivity index (χ0) is 25.8. The van der Waals surface area contributed by atoms with E-state index in [-0.39, 0.29) is 35.6 Å². The molecule has 3 heterocycles. The standard InChI is InChI=1S/C27H26FN5O4/c28-21-8-6-19(7-9-21)20-10-12-32(13-11-20)26(35)22-16-33(17-24-30-27(36)37-31-24)25(34)14-23(22)29-15-18-4-2-1-3-5-18/h1-9,14,16,20,29H,10-13,15,17H2,(H,30,31,36). The van der Waals surface area contributed by atoms with Gasteiger partial charge in [0.15, 0.2) is 5.82 Å². The van der Waals surface area contributed by atoms with Crippen LogP contribution in [0.15, 0.2) is 81.0 Å². The molecule has 1 amide bonds. The average molecular weight is 504 g/mol. The number of rotatable bonds is 7. The Bertz CT molecular complexity index is 1490. The number of halogens is 1. The molecule has 5 rings (SSSR count). The van der Waals surface area contributed by atoms with Gasteiger partial charge in [-0.25, -0.2) is 9.18 Å². The van der Waals surface area contributed by atoms with E-state index in [2.05, 4.69) is 20.0 Å². The first kappa shape index (κ1) is 24.2. The van der Waals surface area contributed by atoms with Crippen LogP contribution in [0.3, 0.4) is 0 Å². The predicted molar refractivity (Wildman–Crippen MR) is 135 cm³/mol. The third-order valence-electron chi connectivity index (χ3n) is 6.61. The third-order valence-corrected chi connectivity index (χ3v) is 6.61. The molecular weight excluding hydrogens is 477 g/mol. The van der Waals surface area contributed by atoms with Crippen molar-refractivity contribution in [3.63, 3.8) is 0 Å². The van der Waals surface area contributed by atoms with Crippen LogP contribution in [0.2, 0.25) is 0 Å². The number of pyridine rings is 1. The highest BCUT2D eigenvalue weighted by Gasteiger charge is 2.27. The lowest BCUT2D eigenvalue weighted by Gasteiger charge is -2.33. The molecule has 0 aliphatic carbocycles. The van der Waals surface area contributed by atoms with E-state index < -0.39 is 5.76 Å². The monoisotopic (exact) mass is 503 g/mol. The number of piperidine rings is 1. The number of hydrogen-bond acceptors (Lipinski definition) is 6. The van der Waals surface area contributed by atoms with E-state index in [1.54, 1.807) is 17.0 Å². The fourth-order valence-electron chi connectivity index (χ4n) is 4.62. The van der Waals surface area contributed by atoms with Gasteiger partial charge >= 0.3 is 5.76 Å². The second kappa shape index (κ2) is 10.7. The van der Waals surface area contributed by atoms with E-state index in [0.717, 1.165) is 24.0 Å². The molecule has 1 fully saturated rings. The number of amides is 1. The number of aromatic amines is 1. The number of benzene rings is 2. The van der Waals surface area contributed by atoms with Crippen LogP contribution in [0.1, 0.15) is 46.1 Å². The van der Waals surface area contributed by atoms with Gasteiger partial charge in [0.25, 0.3) is 11.5 Å². The van der Waals surface area contributed by atoms with Crippen molar-refractivity contribution in [1.29, 1.82) is 0 Å². The highest BCUT2D eigenvalue weighted by atomic mass is 19.1. The van der Waals surface area contributed by atoms with Crippen molar-refractivity contribution in [3.8, 4) is 0 Å². The quantitative estimate of drug-likeness (QED) is 0.400. The molecule has 0 bridgehead atoms. The summed E-state index contributed by atoms with van der Waals surface area (Å²) >= 11 is 0. The van der Waals surface area contributed by atoms with Crippen molar-refractivity contribution in [3.05, 3.63) is 116 Å². The number of nitrogens with one attached hydrogen (secondary N) is 2. The molecule has 0 radical (unpaired) electrons. The Morgan fingerprint density at radius 2 is 1.81 bits per heavy atom. The van der Waals surface area contributed by atoms with Gasteiger partial charge in [-0.05, 0) is 42.0 Å². The molecule has 2 aromatic carbocycles. The summed E-state index contributed by atoms with van der Waals surface area (Å²) in [4.78, 5) is 42.0. The number of aromatic nitrogens is 3. The van der Waals surface area contributed by atoms with Crippen molar-refractivity contribution in [2.75, 3.05) is 18.4 Å². The average Bonchev–Trinajstić information content (AvgIpc) is 3.34. The SMILES string of the molecule is O=C(c1cn(Cc2noc(=O)[nH]2)c(=O)cc1NCc1ccccc1)N1CCC(c2ccc(F)cc2)CC1. The highest BCUT2D eigenvalue weighted by molar-refractivity contribution is 5.99. The molecule has 0 atom stereocenters. The molecule has 9 nitrogen and oxygen atoms in total. The Hall–Kier alpha value is -4.47. The van der Waals surface area contributed by atoms with Gasteiger partial charge in [0, 0.05) is 31.9 Å². The molecule has 1 saturated heterocycles. The Morgan fingerprint density at radius 1 is 1.08 bits per heavy atom. The van der Waals surface area contributed by atoms with E-state index in [1.807, 2.05) is 30.3 Å². The molecule has 1 aliphatic rings. The summed E-state index contributed by atoms with van der Waals surface area (Å²) in [5.41, 5.74) is 2.50. The summed E-state index contributed by atoms with van der Waals surface area (Å²) in [6.45, 7) is 1.47. The first-order valence-electron chi connectivity index (χ1n) is 12.1. The van der Waals surface area contributed by atoms with Gasteiger partial charge < -0.3 is 14.8 Å². The van der Waals surface area contributed by atoms with E-state index in [1.165, 1.54) is 29.0 Å². The number of carbonyl (C=O) groups excluding carboxylic acids is 1. The fraction of sp³-hybridized carbons (Fsp3) is 0.259. The molecule has 0 saturated carbocycles. The lowest BCUT2D eigenvalue weighted by Crippen LogP contribution is -2.39. The van der Waals surface area contributed by atoms with E-state index in [9.17, 15) is 18.8 Å². The predicted octanol–water partition coefficient (Wildman–Crippen LogP) is 3.34. The molecule has 0 spiro atoms. The lowest BCUT2D eigenvalue weighted by atomic mass is 9.89. The third kappa shape index (κ3) is 5.69. The maximum absolute atomic E-state index is 13.7. The topological polar surface area (TPSA) is 113 Å². The summed E-state index contributed by atoms with van der Waals surface area (Å²) in [5, 5.41) is 6.86. The molecule has 2 aromatic heterocycles. The Labute approximate surface area is 211 Å². The molecule has 4 aromatic rings. The summed E-state index contributed by atoms with van der Waals surface area (Å²) < 4.78 is 19.2.